The number of rotatable bonds is 7. The van der Waals surface area contributed by atoms with Gasteiger partial charge in [0.15, 0.2) is 5.65 Å². The van der Waals surface area contributed by atoms with Crippen LogP contribution in [-0.4, -0.2) is 34.7 Å². The van der Waals surface area contributed by atoms with E-state index in [1.54, 1.807) is 49.1 Å². The van der Waals surface area contributed by atoms with E-state index in [0.717, 1.165) is 39.4 Å². The summed E-state index contributed by atoms with van der Waals surface area (Å²) in [7, 11) is 3.13. The Morgan fingerprint density at radius 1 is 1.00 bits per heavy atom. The Morgan fingerprint density at radius 2 is 1.65 bits per heavy atom. The molecule has 7 nitrogen and oxygen atoms in total. The van der Waals surface area contributed by atoms with Crippen molar-refractivity contribution in [1.82, 2.24) is 14.6 Å². The average Bonchev–Trinajstić information content (AvgIpc) is 3.15. The zero-order valence-electron chi connectivity index (χ0n) is 19.9. The Balaban J connectivity index is 1.57. The van der Waals surface area contributed by atoms with E-state index in [1.807, 2.05) is 20.8 Å². The number of hydrogen-bond donors (Lipinski definition) is 1. The lowest BCUT2D eigenvalue weighted by Crippen LogP contribution is -2.14. The van der Waals surface area contributed by atoms with Crippen LogP contribution in [0.1, 0.15) is 29.1 Å². The fourth-order valence-electron chi connectivity index (χ4n) is 4.13. The third-order valence-corrected chi connectivity index (χ3v) is 5.87. The van der Waals surface area contributed by atoms with Gasteiger partial charge in [-0.25, -0.2) is 13.9 Å². The highest BCUT2D eigenvalue weighted by Gasteiger charge is 2.18. The number of methoxy groups -OCH3 is 2. The van der Waals surface area contributed by atoms with Crippen LogP contribution in [0.4, 0.5) is 10.1 Å². The van der Waals surface area contributed by atoms with Gasteiger partial charge in [0, 0.05) is 47.3 Å². The molecule has 0 bridgehead atoms. The van der Waals surface area contributed by atoms with Crippen molar-refractivity contribution >= 4 is 17.2 Å². The van der Waals surface area contributed by atoms with Gasteiger partial charge in [0.1, 0.15) is 17.3 Å². The van der Waals surface area contributed by atoms with Crippen LogP contribution < -0.4 is 14.8 Å². The second-order valence-corrected chi connectivity index (χ2v) is 8.11. The molecule has 2 aromatic heterocycles. The second-order valence-electron chi connectivity index (χ2n) is 8.11. The molecule has 4 rings (SSSR count). The number of aryl methyl sites for hydroxylation is 3. The first-order valence-corrected chi connectivity index (χ1v) is 10.9. The average molecular weight is 463 g/mol. The molecular formula is C26H27FN4O3. The number of carbonyl (C=O) groups is 1. The highest BCUT2D eigenvalue weighted by Crippen LogP contribution is 2.30. The fraction of sp³-hybridized carbons (Fsp3) is 0.269. The number of carbonyl (C=O) groups excluding carboxylic acids is 1. The van der Waals surface area contributed by atoms with Crippen molar-refractivity contribution < 1.29 is 18.7 Å². The van der Waals surface area contributed by atoms with Gasteiger partial charge in [0.25, 0.3) is 0 Å². The van der Waals surface area contributed by atoms with Crippen LogP contribution in [0.15, 0.2) is 42.5 Å². The van der Waals surface area contributed by atoms with Crippen molar-refractivity contribution in [3.8, 4) is 22.6 Å². The van der Waals surface area contributed by atoms with Crippen molar-refractivity contribution in [3.63, 3.8) is 0 Å². The molecule has 1 amide bonds. The van der Waals surface area contributed by atoms with Crippen LogP contribution in [0.2, 0.25) is 0 Å². The van der Waals surface area contributed by atoms with E-state index in [0.29, 0.717) is 23.6 Å². The molecule has 0 radical (unpaired) electrons. The standard InChI is InChI=1S/C26H27FN4O3/c1-15-23(10-11-24(32)29-20-12-21(33-4)14-22(13-20)34-5)17(3)31-26(28-15)25(16(2)30-31)18-6-8-19(27)9-7-18/h6-9,12-14H,10-11H2,1-5H3,(H,29,32). The quantitative estimate of drug-likeness (QED) is 0.416. The van der Waals surface area contributed by atoms with E-state index in [1.165, 1.54) is 12.1 Å². The maximum absolute atomic E-state index is 13.4. The first-order chi connectivity index (χ1) is 16.3. The highest BCUT2D eigenvalue weighted by molar-refractivity contribution is 5.91. The van der Waals surface area contributed by atoms with Crippen molar-refractivity contribution in [3.05, 3.63) is 70.9 Å². The van der Waals surface area contributed by atoms with E-state index >= 15 is 0 Å². The zero-order chi connectivity index (χ0) is 24.4. The first kappa shape index (κ1) is 23.2. The molecule has 0 aliphatic heterocycles. The number of anilines is 1. The number of aromatic nitrogens is 3. The SMILES string of the molecule is COc1cc(NC(=O)CCc2c(C)nc3c(-c4ccc(F)cc4)c(C)nn3c2C)cc(OC)c1. The van der Waals surface area contributed by atoms with Crippen LogP contribution >= 0.6 is 0 Å². The summed E-state index contributed by atoms with van der Waals surface area (Å²) in [4.78, 5) is 17.5. The normalized spacial score (nSPS) is 11.0. The first-order valence-electron chi connectivity index (χ1n) is 10.9. The summed E-state index contributed by atoms with van der Waals surface area (Å²) in [6.07, 6.45) is 0.789. The molecule has 2 aromatic carbocycles. The molecule has 8 heteroatoms. The number of benzene rings is 2. The smallest absolute Gasteiger partial charge is 0.224 e. The summed E-state index contributed by atoms with van der Waals surface area (Å²) in [5.74, 6) is 0.785. The maximum atomic E-state index is 13.4. The molecule has 4 aromatic rings. The van der Waals surface area contributed by atoms with Crippen LogP contribution in [0, 0.1) is 26.6 Å². The third kappa shape index (κ3) is 4.57. The topological polar surface area (TPSA) is 77.8 Å². The summed E-state index contributed by atoms with van der Waals surface area (Å²) in [5.41, 5.74) is 6.61. The van der Waals surface area contributed by atoms with Gasteiger partial charge >= 0.3 is 0 Å². The molecule has 0 fully saturated rings. The van der Waals surface area contributed by atoms with Gasteiger partial charge in [-0.2, -0.15) is 5.10 Å². The monoisotopic (exact) mass is 462 g/mol. The number of ether oxygens (including phenoxy) is 2. The summed E-state index contributed by atoms with van der Waals surface area (Å²) >= 11 is 0. The predicted molar refractivity (Wildman–Crippen MR) is 129 cm³/mol. The van der Waals surface area contributed by atoms with Crippen LogP contribution in [0.5, 0.6) is 11.5 Å². The van der Waals surface area contributed by atoms with Gasteiger partial charge in [-0.15, -0.1) is 0 Å². The van der Waals surface area contributed by atoms with Crippen LogP contribution in [0.25, 0.3) is 16.8 Å². The Hall–Kier alpha value is -3.94. The van der Waals surface area contributed by atoms with Crippen LogP contribution in [0.3, 0.4) is 0 Å². The zero-order valence-corrected chi connectivity index (χ0v) is 19.9. The van der Waals surface area contributed by atoms with Crippen molar-refractivity contribution in [2.45, 2.75) is 33.6 Å². The molecule has 0 atom stereocenters. The second kappa shape index (κ2) is 9.51. The summed E-state index contributed by atoms with van der Waals surface area (Å²) in [6.45, 7) is 5.82. The minimum Gasteiger partial charge on any atom is -0.497 e. The molecule has 0 aliphatic rings. The largest absolute Gasteiger partial charge is 0.497 e. The lowest BCUT2D eigenvalue weighted by atomic mass is 10.0. The van der Waals surface area contributed by atoms with Crippen molar-refractivity contribution in [2.75, 3.05) is 19.5 Å². The Morgan fingerprint density at radius 3 is 2.26 bits per heavy atom. The maximum Gasteiger partial charge on any atom is 0.224 e. The molecule has 2 heterocycles. The van der Waals surface area contributed by atoms with Crippen molar-refractivity contribution in [1.29, 1.82) is 0 Å². The van der Waals surface area contributed by atoms with E-state index in [9.17, 15) is 9.18 Å². The summed E-state index contributed by atoms with van der Waals surface area (Å²) in [6, 6.07) is 11.6. The number of hydrogen-bond acceptors (Lipinski definition) is 5. The number of fused-ring (bicyclic) bond motifs is 1. The van der Waals surface area contributed by atoms with Crippen LogP contribution in [-0.2, 0) is 11.2 Å². The lowest BCUT2D eigenvalue weighted by molar-refractivity contribution is -0.116. The van der Waals surface area contributed by atoms with E-state index < -0.39 is 0 Å². The third-order valence-electron chi connectivity index (χ3n) is 5.87. The molecule has 1 N–H and O–H groups in total. The minimum atomic E-state index is -0.286. The molecule has 0 spiro atoms. The molecule has 0 aliphatic carbocycles. The van der Waals surface area contributed by atoms with Gasteiger partial charge in [0.05, 0.1) is 19.9 Å². The van der Waals surface area contributed by atoms with Gasteiger partial charge < -0.3 is 14.8 Å². The van der Waals surface area contributed by atoms with Gasteiger partial charge in [-0.05, 0) is 50.5 Å². The van der Waals surface area contributed by atoms with Gasteiger partial charge in [-0.1, -0.05) is 12.1 Å². The molecule has 176 valence electrons. The van der Waals surface area contributed by atoms with E-state index in [2.05, 4.69) is 10.4 Å². The van der Waals surface area contributed by atoms with Crippen molar-refractivity contribution in [2.24, 2.45) is 0 Å². The summed E-state index contributed by atoms with van der Waals surface area (Å²) < 4.78 is 25.7. The number of amides is 1. The summed E-state index contributed by atoms with van der Waals surface area (Å²) in [5, 5.41) is 7.58. The predicted octanol–water partition coefficient (Wildman–Crippen LogP) is 5.05. The number of nitrogens with zero attached hydrogens (tertiary/aromatic N) is 3. The highest BCUT2D eigenvalue weighted by atomic mass is 19.1. The Labute approximate surface area is 197 Å². The van der Waals surface area contributed by atoms with Gasteiger partial charge in [0.2, 0.25) is 5.91 Å². The molecule has 34 heavy (non-hydrogen) atoms. The number of halogens is 1. The minimum absolute atomic E-state index is 0.127. The van der Waals surface area contributed by atoms with E-state index in [4.69, 9.17) is 14.5 Å². The molecular weight excluding hydrogens is 435 g/mol. The molecule has 0 saturated heterocycles. The van der Waals surface area contributed by atoms with Gasteiger partial charge in [-0.3, -0.25) is 4.79 Å². The Kier molecular flexibility index (Phi) is 6.49. The fourth-order valence-corrected chi connectivity index (χ4v) is 4.13. The molecule has 0 unspecified atom stereocenters. The van der Waals surface area contributed by atoms with E-state index in [-0.39, 0.29) is 18.1 Å². The Bertz CT molecular complexity index is 1340. The lowest BCUT2D eigenvalue weighted by Gasteiger charge is -2.13. The molecule has 0 saturated carbocycles. The number of nitrogens with one attached hydrogen (secondary N) is 1.